The van der Waals surface area contributed by atoms with Crippen molar-refractivity contribution in [2.45, 2.75) is 18.6 Å². The number of alkyl halides is 3. The summed E-state index contributed by atoms with van der Waals surface area (Å²) >= 11 is 0. The van der Waals surface area contributed by atoms with Gasteiger partial charge >= 0.3 is 6.18 Å². The lowest BCUT2D eigenvalue weighted by Gasteiger charge is -2.14. The van der Waals surface area contributed by atoms with E-state index >= 15 is 0 Å². The minimum absolute atomic E-state index is 0.186. The molecule has 1 aliphatic carbocycles. The Kier molecular flexibility index (Phi) is 2.09. The van der Waals surface area contributed by atoms with Crippen molar-refractivity contribution in [3.63, 3.8) is 0 Å². The van der Waals surface area contributed by atoms with Crippen molar-refractivity contribution >= 4 is 11.8 Å². The molecule has 1 saturated carbocycles. The number of carbonyl (C=O) groups is 2. The van der Waals surface area contributed by atoms with Crippen molar-refractivity contribution < 1.29 is 22.8 Å². The fourth-order valence-corrected chi connectivity index (χ4v) is 2.33. The molecule has 0 aromatic heterocycles. The number of amides is 2. The molecular formula is C12H8F3NO2. The first kappa shape index (κ1) is 11.3. The lowest BCUT2D eigenvalue weighted by molar-refractivity contribution is -0.150. The van der Waals surface area contributed by atoms with E-state index in [0.717, 1.165) is 4.90 Å². The summed E-state index contributed by atoms with van der Waals surface area (Å²) in [5.41, 5.74) is 0.380. The van der Waals surface area contributed by atoms with E-state index in [9.17, 15) is 22.8 Å². The minimum atomic E-state index is -4.35. The van der Waals surface area contributed by atoms with Crippen LogP contribution in [0.1, 0.15) is 27.1 Å². The first-order chi connectivity index (χ1) is 8.41. The van der Waals surface area contributed by atoms with Crippen molar-refractivity contribution in [1.82, 2.24) is 4.90 Å². The molecule has 0 unspecified atom stereocenters. The number of imide groups is 1. The van der Waals surface area contributed by atoms with Crippen LogP contribution in [0.25, 0.3) is 0 Å². The second-order valence-electron chi connectivity index (χ2n) is 4.48. The zero-order valence-corrected chi connectivity index (χ0v) is 9.07. The topological polar surface area (TPSA) is 37.4 Å². The van der Waals surface area contributed by atoms with Gasteiger partial charge < -0.3 is 0 Å². The number of benzene rings is 1. The Morgan fingerprint density at radius 1 is 1.06 bits per heavy atom. The van der Waals surface area contributed by atoms with Crippen LogP contribution in [0.15, 0.2) is 24.3 Å². The standard InChI is InChI=1S/C12H8F3NO2/c13-12(14,15)8-5-9(8)16-10(17)6-3-1-2-4-7(6)11(16)18/h1-4,8-9H,5H2/t8-,9-/m1/s1. The summed E-state index contributed by atoms with van der Waals surface area (Å²) < 4.78 is 37.4. The van der Waals surface area contributed by atoms with Gasteiger partial charge in [0.25, 0.3) is 11.8 Å². The van der Waals surface area contributed by atoms with E-state index < -0.39 is 30.0 Å². The monoisotopic (exact) mass is 255 g/mol. The van der Waals surface area contributed by atoms with Crippen LogP contribution < -0.4 is 0 Å². The first-order valence-electron chi connectivity index (χ1n) is 5.45. The maximum absolute atomic E-state index is 12.5. The second kappa shape index (κ2) is 3.34. The lowest BCUT2D eigenvalue weighted by atomic mass is 10.1. The molecule has 0 bridgehead atoms. The molecular weight excluding hydrogens is 247 g/mol. The number of rotatable bonds is 1. The Balaban J connectivity index is 1.91. The van der Waals surface area contributed by atoms with Gasteiger partial charge in [0.15, 0.2) is 0 Å². The van der Waals surface area contributed by atoms with Gasteiger partial charge in [0, 0.05) is 0 Å². The smallest absolute Gasteiger partial charge is 0.271 e. The SMILES string of the molecule is O=C1c2ccccc2C(=O)N1[C@@H]1C[C@H]1C(F)(F)F. The van der Waals surface area contributed by atoms with Crippen molar-refractivity contribution in [2.24, 2.45) is 5.92 Å². The molecule has 1 fully saturated rings. The minimum Gasteiger partial charge on any atom is -0.271 e. The Morgan fingerprint density at radius 2 is 1.56 bits per heavy atom. The highest BCUT2D eigenvalue weighted by molar-refractivity contribution is 6.21. The van der Waals surface area contributed by atoms with Crippen LogP contribution in [0.2, 0.25) is 0 Å². The molecule has 2 aliphatic rings. The number of halogens is 3. The third kappa shape index (κ3) is 1.45. The van der Waals surface area contributed by atoms with Gasteiger partial charge in [-0.3, -0.25) is 14.5 Å². The Hall–Kier alpha value is -1.85. The zero-order valence-electron chi connectivity index (χ0n) is 9.07. The molecule has 0 spiro atoms. The van der Waals surface area contributed by atoms with Crippen molar-refractivity contribution in [3.05, 3.63) is 35.4 Å². The summed E-state index contributed by atoms with van der Waals surface area (Å²) in [6.07, 6.45) is -4.53. The molecule has 2 atom stereocenters. The third-order valence-electron chi connectivity index (χ3n) is 3.33. The molecule has 2 amide bonds. The molecule has 3 nitrogen and oxygen atoms in total. The molecule has 0 radical (unpaired) electrons. The molecule has 1 aromatic carbocycles. The fraction of sp³-hybridized carbons (Fsp3) is 0.333. The molecule has 1 heterocycles. The maximum atomic E-state index is 12.5. The molecule has 0 saturated heterocycles. The molecule has 1 aromatic rings. The van der Waals surface area contributed by atoms with Crippen LogP contribution in [0.5, 0.6) is 0 Å². The number of fused-ring (bicyclic) bond motifs is 1. The summed E-state index contributed by atoms with van der Waals surface area (Å²) in [6, 6.07) is 5.06. The summed E-state index contributed by atoms with van der Waals surface area (Å²) in [7, 11) is 0. The summed E-state index contributed by atoms with van der Waals surface area (Å²) in [4.78, 5) is 24.6. The lowest BCUT2D eigenvalue weighted by Crippen LogP contribution is -2.35. The van der Waals surface area contributed by atoms with Gasteiger partial charge in [-0.05, 0) is 18.6 Å². The normalized spacial score (nSPS) is 26.5. The van der Waals surface area contributed by atoms with Crippen LogP contribution in [0.3, 0.4) is 0 Å². The van der Waals surface area contributed by atoms with Crippen molar-refractivity contribution in [1.29, 1.82) is 0 Å². The van der Waals surface area contributed by atoms with Gasteiger partial charge in [-0.2, -0.15) is 13.2 Å². The van der Waals surface area contributed by atoms with Crippen molar-refractivity contribution in [3.8, 4) is 0 Å². The predicted molar refractivity (Wildman–Crippen MR) is 54.9 cm³/mol. The van der Waals surface area contributed by atoms with E-state index in [0.29, 0.717) is 0 Å². The molecule has 3 rings (SSSR count). The van der Waals surface area contributed by atoms with Crippen LogP contribution in [0, 0.1) is 5.92 Å². The molecule has 6 heteroatoms. The summed E-state index contributed by atoms with van der Waals surface area (Å²) in [5, 5.41) is 0. The van der Waals surface area contributed by atoms with Crippen LogP contribution in [-0.4, -0.2) is 28.9 Å². The Morgan fingerprint density at radius 3 is 1.94 bits per heavy atom. The van der Waals surface area contributed by atoms with E-state index in [1.165, 1.54) is 12.1 Å². The predicted octanol–water partition coefficient (Wildman–Crippen LogP) is 2.23. The van der Waals surface area contributed by atoms with Crippen LogP contribution >= 0.6 is 0 Å². The van der Waals surface area contributed by atoms with Crippen LogP contribution in [0.4, 0.5) is 13.2 Å². The van der Waals surface area contributed by atoms with E-state index in [1.807, 2.05) is 0 Å². The highest BCUT2D eigenvalue weighted by atomic mass is 19.4. The fourth-order valence-electron chi connectivity index (χ4n) is 2.33. The molecule has 1 aliphatic heterocycles. The number of carbonyl (C=O) groups excluding carboxylic acids is 2. The zero-order chi connectivity index (χ0) is 13.1. The molecule has 0 N–H and O–H groups in total. The quantitative estimate of drug-likeness (QED) is 0.722. The number of hydrogen-bond acceptors (Lipinski definition) is 2. The summed E-state index contributed by atoms with van der Waals surface area (Å²) in [5.74, 6) is -2.81. The van der Waals surface area contributed by atoms with Gasteiger partial charge in [0.05, 0.1) is 23.1 Å². The maximum Gasteiger partial charge on any atom is 0.393 e. The van der Waals surface area contributed by atoms with E-state index in [4.69, 9.17) is 0 Å². The van der Waals surface area contributed by atoms with E-state index in [2.05, 4.69) is 0 Å². The van der Waals surface area contributed by atoms with E-state index in [1.54, 1.807) is 12.1 Å². The highest BCUT2D eigenvalue weighted by Gasteiger charge is 2.61. The number of nitrogens with zero attached hydrogens (tertiary/aromatic N) is 1. The third-order valence-corrected chi connectivity index (χ3v) is 3.33. The van der Waals surface area contributed by atoms with Gasteiger partial charge in [0.2, 0.25) is 0 Å². The van der Waals surface area contributed by atoms with E-state index in [-0.39, 0.29) is 17.5 Å². The van der Waals surface area contributed by atoms with Gasteiger partial charge in [0.1, 0.15) is 0 Å². The second-order valence-corrected chi connectivity index (χ2v) is 4.48. The largest absolute Gasteiger partial charge is 0.393 e. The van der Waals surface area contributed by atoms with Gasteiger partial charge in [-0.15, -0.1) is 0 Å². The van der Waals surface area contributed by atoms with Gasteiger partial charge in [-0.1, -0.05) is 12.1 Å². The molecule has 18 heavy (non-hydrogen) atoms. The average molecular weight is 255 g/mol. The summed E-state index contributed by atoms with van der Waals surface area (Å²) in [6.45, 7) is 0. The number of hydrogen-bond donors (Lipinski definition) is 0. The van der Waals surface area contributed by atoms with Crippen molar-refractivity contribution in [2.75, 3.05) is 0 Å². The Labute approximate surface area is 100 Å². The molecule has 94 valence electrons. The Bertz CT molecular complexity index is 517. The highest BCUT2D eigenvalue weighted by Crippen LogP contribution is 2.49. The van der Waals surface area contributed by atoms with Gasteiger partial charge in [-0.25, -0.2) is 0 Å². The average Bonchev–Trinajstić information content (AvgIpc) is 3.05. The first-order valence-corrected chi connectivity index (χ1v) is 5.45. The van der Waals surface area contributed by atoms with Crippen LogP contribution in [-0.2, 0) is 0 Å².